The topological polar surface area (TPSA) is 103 Å². The van der Waals surface area contributed by atoms with Crippen LogP contribution in [0.4, 0.5) is 18.0 Å². The second-order valence-corrected chi connectivity index (χ2v) is 13.0. The maximum atomic E-state index is 15.1. The van der Waals surface area contributed by atoms with Gasteiger partial charge in [0.25, 0.3) is 5.91 Å². The van der Waals surface area contributed by atoms with E-state index < -0.39 is 41.8 Å². The fraction of sp³-hybridized carbons (Fsp3) is 0.528. The first-order valence-corrected chi connectivity index (χ1v) is 17.1. The minimum absolute atomic E-state index is 0.0198. The molecule has 9 nitrogen and oxygen atoms in total. The highest BCUT2D eigenvalue weighted by atomic mass is 19.1. The van der Waals surface area contributed by atoms with Gasteiger partial charge in [0.1, 0.15) is 29.7 Å². The number of hydrogen-bond donors (Lipinski definition) is 3. The molecule has 0 saturated carbocycles. The van der Waals surface area contributed by atoms with E-state index in [9.17, 15) is 19.1 Å². The van der Waals surface area contributed by atoms with E-state index >= 15 is 8.78 Å². The number of nitrogens with zero attached hydrogens (tertiary/aromatic N) is 4. The monoisotopic (exact) mass is 668 g/mol. The second kappa shape index (κ2) is 16.5. The Hall–Kier alpha value is -3.90. The lowest BCUT2D eigenvalue weighted by molar-refractivity contribution is -0.145. The van der Waals surface area contributed by atoms with E-state index in [-0.39, 0.29) is 36.3 Å². The molecule has 0 radical (unpaired) electrons. The van der Waals surface area contributed by atoms with Gasteiger partial charge in [-0.1, -0.05) is 50.1 Å². The normalized spacial score (nSPS) is 19.7. The van der Waals surface area contributed by atoms with Gasteiger partial charge in [0.2, 0.25) is 0 Å². The Morgan fingerprint density at radius 2 is 1.85 bits per heavy atom. The van der Waals surface area contributed by atoms with E-state index in [0.717, 1.165) is 43.0 Å². The lowest BCUT2D eigenvalue weighted by Crippen LogP contribution is -2.51. The molecule has 48 heavy (non-hydrogen) atoms. The van der Waals surface area contributed by atoms with Crippen molar-refractivity contribution in [2.75, 3.05) is 39.3 Å². The highest BCUT2D eigenvalue weighted by molar-refractivity contribution is 5.81. The molecule has 0 spiro atoms. The van der Waals surface area contributed by atoms with Crippen molar-refractivity contribution < 1.29 is 27.9 Å². The van der Waals surface area contributed by atoms with Crippen LogP contribution in [0.25, 0.3) is 11.3 Å². The van der Waals surface area contributed by atoms with Gasteiger partial charge in [-0.2, -0.15) is 0 Å². The number of nitrogens with one attached hydrogen (secondary N) is 2. The first-order chi connectivity index (χ1) is 23.2. The third-order valence-electron chi connectivity index (χ3n) is 9.47. The average molecular weight is 669 g/mol. The molecule has 3 heterocycles. The zero-order valence-corrected chi connectivity index (χ0v) is 27.8. The molecule has 3 aromatic rings. The first kappa shape index (κ1) is 35.4. The van der Waals surface area contributed by atoms with Crippen LogP contribution in [0.5, 0.6) is 0 Å². The smallest absolute Gasteiger partial charge is 0.317 e. The van der Waals surface area contributed by atoms with Gasteiger partial charge in [-0.05, 0) is 55.9 Å². The van der Waals surface area contributed by atoms with Gasteiger partial charge < -0.3 is 30.1 Å². The number of urea groups is 1. The van der Waals surface area contributed by atoms with Crippen LogP contribution in [0.3, 0.4) is 0 Å². The number of aliphatic hydroxyl groups is 1. The molecule has 2 aliphatic heterocycles. The summed E-state index contributed by atoms with van der Waals surface area (Å²) in [6.07, 6.45) is 3.12. The summed E-state index contributed by atoms with van der Waals surface area (Å²) in [5, 5.41) is 16.7. The van der Waals surface area contributed by atoms with Crippen molar-refractivity contribution in [3.63, 3.8) is 0 Å². The van der Waals surface area contributed by atoms with E-state index in [0.29, 0.717) is 51.4 Å². The summed E-state index contributed by atoms with van der Waals surface area (Å²) in [5.41, 5.74) is 1.10. The number of halogens is 3. The third kappa shape index (κ3) is 8.57. The molecule has 2 aromatic carbocycles. The van der Waals surface area contributed by atoms with Crippen LogP contribution in [-0.2, 0) is 11.3 Å². The van der Waals surface area contributed by atoms with Gasteiger partial charge in [0, 0.05) is 63.5 Å². The molecule has 0 bridgehead atoms. The van der Waals surface area contributed by atoms with Crippen molar-refractivity contribution >= 4 is 11.9 Å². The van der Waals surface area contributed by atoms with Gasteiger partial charge in [0.05, 0.1) is 11.7 Å². The molecule has 2 saturated heterocycles. The summed E-state index contributed by atoms with van der Waals surface area (Å²) < 4.78 is 46.4. The maximum absolute atomic E-state index is 15.1. The summed E-state index contributed by atoms with van der Waals surface area (Å²) >= 11 is 0. The number of hydrogen-bond acceptors (Lipinski definition) is 5. The summed E-state index contributed by atoms with van der Waals surface area (Å²) in [4.78, 5) is 35.1. The van der Waals surface area contributed by atoms with Crippen molar-refractivity contribution in [1.82, 2.24) is 30.0 Å². The Morgan fingerprint density at radius 1 is 1.10 bits per heavy atom. The number of likely N-dealkylation sites (tertiary alicyclic amines) is 1. The summed E-state index contributed by atoms with van der Waals surface area (Å²) in [7, 11) is 0. The van der Waals surface area contributed by atoms with Gasteiger partial charge in [-0.3, -0.25) is 4.79 Å². The zero-order chi connectivity index (χ0) is 34.2. The standard InChI is InChI=1S/C36H47F3N6O3/c1-3-4-8-15-41-36(48)43-16-13-26(14-17-43)33(45(35(47)24(2)46)22-27-19-40-20-31(27)39)34-42-32(29-18-28(37)11-12-30(29)38)23-44(34)21-25-9-6-5-7-10-25/h5-7,9-12,18,23-24,26-27,31,33,40,46H,3-4,8,13-17,19-22H2,1-2H3,(H,41,48)/t24-,27-,31-,33?/m0/s1. The number of imidazole rings is 1. The number of aromatic nitrogens is 2. The van der Waals surface area contributed by atoms with E-state index in [1.165, 1.54) is 11.8 Å². The number of carbonyl (C=O) groups is 2. The number of carbonyl (C=O) groups excluding carboxylic acids is 2. The third-order valence-corrected chi connectivity index (χ3v) is 9.47. The largest absolute Gasteiger partial charge is 0.384 e. The van der Waals surface area contributed by atoms with Crippen LogP contribution in [0.15, 0.2) is 54.7 Å². The van der Waals surface area contributed by atoms with Gasteiger partial charge in [-0.25, -0.2) is 22.9 Å². The quantitative estimate of drug-likeness (QED) is 0.215. The Bertz CT molecular complexity index is 1510. The van der Waals surface area contributed by atoms with Crippen LogP contribution in [-0.4, -0.2) is 87.9 Å². The SMILES string of the molecule is CCCCCNC(=O)N1CCC(C(c2nc(-c3cc(F)ccc3F)cn2Cc2ccccc2)N(C[C@@H]2CNC[C@@H]2F)C(=O)[C@H](C)O)CC1. The van der Waals surface area contributed by atoms with Crippen molar-refractivity contribution in [2.45, 2.75) is 70.8 Å². The molecule has 4 atom stereocenters. The van der Waals surface area contributed by atoms with Crippen LogP contribution in [0.1, 0.15) is 63.4 Å². The van der Waals surface area contributed by atoms with Gasteiger partial charge in [0.15, 0.2) is 0 Å². The van der Waals surface area contributed by atoms with Crippen molar-refractivity contribution in [3.8, 4) is 11.3 Å². The molecular formula is C36H47F3N6O3. The van der Waals surface area contributed by atoms with E-state index in [1.54, 1.807) is 11.1 Å². The predicted molar refractivity (Wildman–Crippen MR) is 178 cm³/mol. The fourth-order valence-electron chi connectivity index (χ4n) is 6.82. The summed E-state index contributed by atoms with van der Waals surface area (Å²) in [6.45, 7) is 5.84. The van der Waals surface area contributed by atoms with Crippen molar-refractivity contribution in [3.05, 3.63) is 77.8 Å². The Morgan fingerprint density at radius 3 is 2.52 bits per heavy atom. The molecule has 0 aliphatic carbocycles. The minimum atomic E-state index is -1.37. The van der Waals surface area contributed by atoms with Gasteiger partial charge in [-0.15, -0.1) is 0 Å². The predicted octanol–water partition coefficient (Wildman–Crippen LogP) is 5.30. The maximum Gasteiger partial charge on any atom is 0.317 e. The first-order valence-electron chi connectivity index (χ1n) is 17.1. The highest BCUT2D eigenvalue weighted by Gasteiger charge is 2.42. The van der Waals surface area contributed by atoms with Crippen LogP contribution in [0, 0.1) is 23.5 Å². The lowest BCUT2D eigenvalue weighted by atomic mass is 9.86. The van der Waals surface area contributed by atoms with Crippen molar-refractivity contribution in [1.29, 1.82) is 0 Å². The molecule has 5 rings (SSSR count). The van der Waals surface area contributed by atoms with E-state index in [2.05, 4.69) is 17.6 Å². The summed E-state index contributed by atoms with van der Waals surface area (Å²) in [5.74, 6) is -2.14. The zero-order valence-electron chi connectivity index (χ0n) is 27.8. The van der Waals surface area contributed by atoms with Gasteiger partial charge >= 0.3 is 6.03 Å². The number of alkyl halides is 1. The second-order valence-electron chi connectivity index (χ2n) is 13.0. The number of amides is 3. The molecular weight excluding hydrogens is 621 g/mol. The fourth-order valence-corrected chi connectivity index (χ4v) is 6.82. The molecule has 2 fully saturated rings. The van der Waals surface area contributed by atoms with E-state index in [1.807, 2.05) is 34.9 Å². The molecule has 2 aliphatic rings. The molecule has 3 N–H and O–H groups in total. The van der Waals surface area contributed by atoms with Crippen LogP contribution in [0.2, 0.25) is 0 Å². The lowest BCUT2D eigenvalue weighted by Gasteiger charge is -2.42. The molecule has 3 amide bonds. The Labute approximate surface area is 280 Å². The van der Waals surface area contributed by atoms with Crippen LogP contribution < -0.4 is 10.6 Å². The Kier molecular flexibility index (Phi) is 12.2. The molecule has 1 aromatic heterocycles. The number of unbranched alkanes of at least 4 members (excludes halogenated alkanes) is 2. The summed E-state index contributed by atoms with van der Waals surface area (Å²) in [6, 6.07) is 11.9. The average Bonchev–Trinajstić information content (AvgIpc) is 3.69. The van der Waals surface area contributed by atoms with Crippen LogP contribution >= 0.6 is 0 Å². The molecule has 260 valence electrons. The highest BCUT2D eigenvalue weighted by Crippen LogP contribution is 2.39. The Balaban J connectivity index is 1.56. The number of rotatable bonds is 13. The van der Waals surface area contributed by atoms with Crippen molar-refractivity contribution in [2.24, 2.45) is 11.8 Å². The molecule has 12 heteroatoms. The van der Waals surface area contributed by atoms with E-state index in [4.69, 9.17) is 4.98 Å². The number of piperidine rings is 1. The number of benzene rings is 2. The number of aliphatic hydroxyl groups excluding tert-OH is 1. The minimum Gasteiger partial charge on any atom is -0.384 e. The molecule has 1 unspecified atom stereocenters.